The van der Waals surface area contributed by atoms with E-state index < -0.39 is 8.07 Å². The highest BCUT2D eigenvalue weighted by molar-refractivity contribution is 6.76. The third-order valence-corrected chi connectivity index (χ3v) is 6.62. The standard InChI is InChI=1S/C13H26Si/c1-13(2)11-7-6-10(12(13)8-11)9-14(3,4)5/h10-12H,6-9H2,1-5H3. The molecule has 2 bridgehead atoms. The monoisotopic (exact) mass is 210 g/mol. The zero-order valence-corrected chi connectivity index (χ0v) is 11.6. The summed E-state index contributed by atoms with van der Waals surface area (Å²) in [7, 11) is -0.824. The summed E-state index contributed by atoms with van der Waals surface area (Å²) < 4.78 is 0. The van der Waals surface area contributed by atoms with Gasteiger partial charge in [0.2, 0.25) is 0 Å². The van der Waals surface area contributed by atoms with Crippen molar-refractivity contribution < 1.29 is 0 Å². The molecule has 0 aliphatic heterocycles. The Kier molecular flexibility index (Phi) is 2.38. The first-order valence-electron chi connectivity index (χ1n) is 6.31. The van der Waals surface area contributed by atoms with Gasteiger partial charge in [-0.3, -0.25) is 0 Å². The maximum atomic E-state index is 2.53. The average molecular weight is 210 g/mol. The van der Waals surface area contributed by atoms with Crippen molar-refractivity contribution in [1.82, 2.24) is 0 Å². The summed E-state index contributed by atoms with van der Waals surface area (Å²) >= 11 is 0. The van der Waals surface area contributed by atoms with Gasteiger partial charge in [-0.15, -0.1) is 0 Å². The number of hydrogen-bond donors (Lipinski definition) is 0. The van der Waals surface area contributed by atoms with E-state index in [1.54, 1.807) is 18.9 Å². The van der Waals surface area contributed by atoms with Crippen molar-refractivity contribution in [2.24, 2.45) is 23.2 Å². The molecule has 82 valence electrons. The fourth-order valence-corrected chi connectivity index (χ4v) is 6.06. The Labute approximate surface area is 90.5 Å². The van der Waals surface area contributed by atoms with Gasteiger partial charge in [-0.25, -0.2) is 0 Å². The van der Waals surface area contributed by atoms with E-state index in [0.717, 1.165) is 17.8 Å². The average Bonchev–Trinajstić information content (AvgIpc) is 2.00. The number of rotatable bonds is 2. The first-order valence-corrected chi connectivity index (χ1v) is 10.0. The summed E-state index contributed by atoms with van der Waals surface area (Å²) in [5, 5.41) is 0. The zero-order valence-electron chi connectivity index (χ0n) is 10.6. The first-order chi connectivity index (χ1) is 6.31. The Morgan fingerprint density at radius 3 is 2.21 bits per heavy atom. The largest absolute Gasteiger partial charge is 0.0695 e. The Morgan fingerprint density at radius 1 is 1.14 bits per heavy atom. The fourth-order valence-electron chi connectivity index (χ4n) is 3.99. The van der Waals surface area contributed by atoms with Crippen LogP contribution in [0.2, 0.25) is 25.7 Å². The van der Waals surface area contributed by atoms with Gasteiger partial charge in [-0.1, -0.05) is 46.0 Å². The third-order valence-electron chi connectivity index (χ3n) is 4.88. The predicted molar refractivity (Wildman–Crippen MR) is 66.3 cm³/mol. The van der Waals surface area contributed by atoms with Gasteiger partial charge < -0.3 is 0 Å². The summed E-state index contributed by atoms with van der Waals surface area (Å²) in [5.74, 6) is 3.24. The summed E-state index contributed by atoms with van der Waals surface area (Å²) in [6.07, 6.45) is 4.63. The molecule has 3 aliphatic rings. The second-order valence-corrected chi connectivity index (χ2v) is 13.0. The molecule has 1 heteroatoms. The molecule has 3 unspecified atom stereocenters. The lowest BCUT2D eigenvalue weighted by molar-refractivity contribution is -0.0990. The van der Waals surface area contributed by atoms with E-state index in [0.29, 0.717) is 5.41 Å². The molecule has 0 radical (unpaired) electrons. The van der Waals surface area contributed by atoms with Gasteiger partial charge in [-0.05, 0) is 36.0 Å². The highest BCUT2D eigenvalue weighted by Crippen LogP contribution is 2.62. The molecule has 0 amide bonds. The van der Waals surface area contributed by atoms with E-state index in [4.69, 9.17) is 0 Å². The Bertz CT molecular complexity index is 222. The quantitative estimate of drug-likeness (QED) is 0.593. The first kappa shape index (κ1) is 10.7. The van der Waals surface area contributed by atoms with Crippen molar-refractivity contribution in [3.05, 3.63) is 0 Å². The molecular formula is C13H26Si. The van der Waals surface area contributed by atoms with Crippen LogP contribution in [0.1, 0.15) is 33.1 Å². The van der Waals surface area contributed by atoms with Gasteiger partial charge >= 0.3 is 0 Å². The van der Waals surface area contributed by atoms with Crippen LogP contribution in [0.4, 0.5) is 0 Å². The van der Waals surface area contributed by atoms with Gasteiger partial charge in [0, 0.05) is 8.07 Å². The minimum Gasteiger partial charge on any atom is -0.0695 e. The lowest BCUT2D eigenvalue weighted by Gasteiger charge is -2.61. The lowest BCUT2D eigenvalue weighted by Crippen LogP contribution is -2.53. The van der Waals surface area contributed by atoms with E-state index in [1.165, 1.54) is 6.42 Å². The van der Waals surface area contributed by atoms with Crippen LogP contribution in [0.3, 0.4) is 0 Å². The van der Waals surface area contributed by atoms with Crippen molar-refractivity contribution in [2.75, 3.05) is 0 Å². The van der Waals surface area contributed by atoms with E-state index in [9.17, 15) is 0 Å². The maximum Gasteiger partial charge on any atom is 0.0445 e. The topological polar surface area (TPSA) is 0 Å². The molecule has 0 nitrogen and oxygen atoms in total. The molecule has 0 aromatic rings. The van der Waals surface area contributed by atoms with Crippen molar-refractivity contribution >= 4 is 8.07 Å². The summed E-state index contributed by atoms with van der Waals surface area (Å²) in [6, 6.07) is 1.58. The smallest absolute Gasteiger partial charge is 0.0445 e. The van der Waals surface area contributed by atoms with Crippen LogP contribution >= 0.6 is 0 Å². The molecule has 0 N–H and O–H groups in total. The highest BCUT2D eigenvalue weighted by Gasteiger charge is 2.54. The molecule has 3 fully saturated rings. The second kappa shape index (κ2) is 3.10. The molecular weight excluding hydrogens is 184 g/mol. The van der Waals surface area contributed by atoms with E-state index >= 15 is 0 Å². The third kappa shape index (κ3) is 1.68. The van der Waals surface area contributed by atoms with E-state index in [-0.39, 0.29) is 0 Å². The zero-order chi connectivity index (χ0) is 10.6. The van der Waals surface area contributed by atoms with Crippen molar-refractivity contribution in [3.63, 3.8) is 0 Å². The van der Waals surface area contributed by atoms with Crippen LogP contribution in [-0.4, -0.2) is 8.07 Å². The van der Waals surface area contributed by atoms with Gasteiger partial charge in [0.25, 0.3) is 0 Å². The van der Waals surface area contributed by atoms with Crippen molar-refractivity contribution in [2.45, 2.75) is 58.8 Å². The Balaban J connectivity index is 2.01. The molecule has 0 saturated heterocycles. The molecule has 14 heavy (non-hydrogen) atoms. The maximum absolute atomic E-state index is 2.53. The van der Waals surface area contributed by atoms with Gasteiger partial charge in [0.05, 0.1) is 0 Å². The summed E-state index contributed by atoms with van der Waals surface area (Å²) in [6.45, 7) is 12.6. The van der Waals surface area contributed by atoms with E-state index in [1.807, 2.05) is 0 Å². The van der Waals surface area contributed by atoms with E-state index in [2.05, 4.69) is 33.5 Å². The molecule has 3 saturated carbocycles. The van der Waals surface area contributed by atoms with Crippen LogP contribution < -0.4 is 0 Å². The van der Waals surface area contributed by atoms with Crippen LogP contribution in [-0.2, 0) is 0 Å². The molecule has 3 rings (SSSR count). The van der Waals surface area contributed by atoms with Crippen LogP contribution in [0.5, 0.6) is 0 Å². The second-order valence-electron chi connectivity index (χ2n) is 7.46. The van der Waals surface area contributed by atoms with Crippen LogP contribution in [0, 0.1) is 23.2 Å². The number of hydrogen-bond acceptors (Lipinski definition) is 0. The summed E-state index contributed by atoms with van der Waals surface area (Å²) in [4.78, 5) is 0. The normalized spacial score (nSPS) is 40.5. The van der Waals surface area contributed by atoms with Crippen LogP contribution in [0.15, 0.2) is 0 Å². The SMILES string of the molecule is CC1(C)C2CCC(C[Si](C)(C)C)C1C2. The van der Waals surface area contributed by atoms with Gasteiger partial charge in [0.1, 0.15) is 0 Å². The number of fused-ring (bicyclic) bond motifs is 2. The minimum absolute atomic E-state index is 0.697. The minimum atomic E-state index is -0.824. The molecule has 0 aromatic heterocycles. The molecule has 0 spiro atoms. The summed E-state index contributed by atoms with van der Waals surface area (Å²) in [5.41, 5.74) is 0.697. The highest BCUT2D eigenvalue weighted by atomic mass is 28.3. The Hall–Kier alpha value is 0.217. The molecule has 0 aromatic carbocycles. The van der Waals surface area contributed by atoms with Crippen molar-refractivity contribution in [3.8, 4) is 0 Å². The predicted octanol–water partition coefficient (Wildman–Crippen LogP) is 4.40. The van der Waals surface area contributed by atoms with Gasteiger partial charge in [-0.2, -0.15) is 0 Å². The van der Waals surface area contributed by atoms with Gasteiger partial charge in [0.15, 0.2) is 0 Å². The fraction of sp³-hybridized carbons (Fsp3) is 1.00. The molecule has 3 atom stereocenters. The van der Waals surface area contributed by atoms with Crippen molar-refractivity contribution in [1.29, 1.82) is 0 Å². The Morgan fingerprint density at radius 2 is 1.79 bits per heavy atom. The van der Waals surface area contributed by atoms with Crippen LogP contribution in [0.25, 0.3) is 0 Å². The molecule has 3 aliphatic carbocycles. The lowest BCUT2D eigenvalue weighted by atomic mass is 9.46. The molecule has 0 heterocycles.